The molecule has 0 aliphatic rings. The second-order valence-corrected chi connectivity index (χ2v) is 5.41. The number of ether oxygens (including phenoxy) is 1. The van der Waals surface area contributed by atoms with Crippen LogP contribution < -0.4 is 10.2 Å². The molecule has 0 aromatic heterocycles. The predicted molar refractivity (Wildman–Crippen MR) is 102 cm³/mol. The highest BCUT2D eigenvalue weighted by Gasteiger charge is 1.98. The molecule has 4 nitrogen and oxygen atoms in total. The quantitative estimate of drug-likeness (QED) is 0.436. The molecule has 0 unspecified atom stereocenters. The molecule has 0 fully saturated rings. The normalized spacial score (nSPS) is 11.2. The van der Waals surface area contributed by atoms with Gasteiger partial charge in [-0.15, -0.1) is 0 Å². The topological polar surface area (TPSA) is 50.7 Å². The van der Waals surface area contributed by atoms with Crippen LogP contribution in [0.5, 0.6) is 5.75 Å². The Kier molecular flexibility index (Phi) is 5.22. The fourth-order valence-electron chi connectivity index (χ4n) is 2.45. The van der Waals surface area contributed by atoms with E-state index in [4.69, 9.17) is 4.74 Å². The summed E-state index contributed by atoms with van der Waals surface area (Å²) in [5, 5.41) is 6.27. The highest BCUT2D eigenvalue weighted by atomic mass is 16.5. The number of hydrogen-bond acceptors (Lipinski definition) is 3. The summed E-state index contributed by atoms with van der Waals surface area (Å²) in [6.07, 6.45) is 4.83. The smallest absolute Gasteiger partial charge is 0.264 e. The third-order valence-corrected chi connectivity index (χ3v) is 3.74. The van der Waals surface area contributed by atoms with Gasteiger partial charge in [0.2, 0.25) is 0 Å². The molecule has 0 aliphatic carbocycles. The lowest BCUT2D eigenvalue weighted by Crippen LogP contribution is -2.14. The van der Waals surface area contributed by atoms with E-state index in [9.17, 15) is 4.79 Å². The van der Waals surface area contributed by atoms with Gasteiger partial charge in [0.25, 0.3) is 5.91 Å². The number of hydrogen-bond donors (Lipinski definition) is 1. The Labute approximate surface area is 146 Å². The molecule has 1 N–H and O–H groups in total. The van der Waals surface area contributed by atoms with E-state index in [-0.39, 0.29) is 5.91 Å². The zero-order valence-corrected chi connectivity index (χ0v) is 13.8. The Hall–Kier alpha value is -3.40. The Morgan fingerprint density at radius 2 is 1.76 bits per heavy atom. The van der Waals surface area contributed by atoms with E-state index in [2.05, 4.69) is 10.5 Å². The monoisotopic (exact) mass is 330 g/mol. The highest BCUT2D eigenvalue weighted by Crippen LogP contribution is 2.16. The number of benzene rings is 3. The Balaban J connectivity index is 1.63. The molecule has 0 heterocycles. The first-order chi connectivity index (χ1) is 12.3. The molecule has 3 aromatic rings. The van der Waals surface area contributed by atoms with Crippen LogP contribution in [-0.2, 0) is 4.79 Å². The van der Waals surface area contributed by atoms with Gasteiger partial charge in [0.05, 0.1) is 13.3 Å². The number of fused-ring (bicyclic) bond motifs is 1. The lowest BCUT2D eigenvalue weighted by atomic mass is 10.1. The van der Waals surface area contributed by atoms with Crippen LogP contribution in [-0.4, -0.2) is 19.2 Å². The third kappa shape index (κ3) is 4.32. The minimum atomic E-state index is -0.285. The van der Waals surface area contributed by atoms with Crippen molar-refractivity contribution in [1.29, 1.82) is 0 Å². The largest absolute Gasteiger partial charge is 0.497 e. The molecule has 4 heteroatoms. The predicted octanol–water partition coefficient (Wildman–Crippen LogP) is 4.01. The fraction of sp³-hybridized carbons (Fsp3) is 0.0476. The van der Waals surface area contributed by atoms with Crippen molar-refractivity contribution in [3.8, 4) is 5.75 Å². The van der Waals surface area contributed by atoms with Crippen LogP contribution in [0.15, 0.2) is 77.9 Å². The van der Waals surface area contributed by atoms with Crippen LogP contribution in [0.3, 0.4) is 0 Å². The molecule has 0 spiro atoms. The molecule has 0 aliphatic heterocycles. The van der Waals surface area contributed by atoms with Crippen molar-refractivity contribution in [2.45, 2.75) is 0 Å². The first-order valence-electron chi connectivity index (χ1n) is 7.89. The van der Waals surface area contributed by atoms with Gasteiger partial charge in [-0.05, 0) is 34.5 Å². The van der Waals surface area contributed by atoms with Gasteiger partial charge in [-0.3, -0.25) is 4.79 Å². The molecular formula is C21H18N2O2. The van der Waals surface area contributed by atoms with Gasteiger partial charge >= 0.3 is 0 Å². The van der Waals surface area contributed by atoms with Crippen LogP contribution in [0.4, 0.5) is 0 Å². The van der Waals surface area contributed by atoms with Crippen molar-refractivity contribution >= 4 is 29.0 Å². The lowest BCUT2D eigenvalue weighted by Gasteiger charge is -2.01. The van der Waals surface area contributed by atoms with E-state index >= 15 is 0 Å². The second-order valence-electron chi connectivity index (χ2n) is 5.41. The van der Waals surface area contributed by atoms with Crippen molar-refractivity contribution in [2.24, 2.45) is 5.10 Å². The summed E-state index contributed by atoms with van der Waals surface area (Å²) in [6.45, 7) is 0. The van der Waals surface area contributed by atoms with Crippen molar-refractivity contribution in [1.82, 2.24) is 5.43 Å². The van der Waals surface area contributed by atoms with Gasteiger partial charge in [0, 0.05) is 11.6 Å². The SMILES string of the molecule is COc1ccc(C=CC(=O)NN=Cc2cccc3ccccc23)cc1. The minimum absolute atomic E-state index is 0.285. The zero-order valence-electron chi connectivity index (χ0n) is 13.8. The highest BCUT2D eigenvalue weighted by molar-refractivity contribution is 6.00. The average molecular weight is 330 g/mol. The number of methoxy groups -OCH3 is 1. The number of carbonyl (C=O) groups is 1. The first-order valence-corrected chi connectivity index (χ1v) is 7.89. The second kappa shape index (κ2) is 7.93. The minimum Gasteiger partial charge on any atom is -0.497 e. The van der Waals surface area contributed by atoms with Gasteiger partial charge in [-0.2, -0.15) is 5.10 Å². The van der Waals surface area contributed by atoms with Crippen molar-refractivity contribution in [2.75, 3.05) is 7.11 Å². The van der Waals surface area contributed by atoms with Crippen molar-refractivity contribution in [3.63, 3.8) is 0 Å². The number of nitrogens with one attached hydrogen (secondary N) is 1. The summed E-state index contributed by atoms with van der Waals surface area (Å²) in [7, 11) is 1.62. The standard InChI is InChI=1S/C21H18N2O2/c1-25-19-12-9-16(10-13-19)11-14-21(24)23-22-15-18-7-4-6-17-5-2-3-8-20(17)18/h2-15H,1H3,(H,23,24). The molecule has 25 heavy (non-hydrogen) atoms. The summed E-state index contributed by atoms with van der Waals surface area (Å²) >= 11 is 0. The molecule has 0 bridgehead atoms. The van der Waals surface area contributed by atoms with E-state index in [1.807, 2.05) is 66.7 Å². The summed E-state index contributed by atoms with van der Waals surface area (Å²) in [4.78, 5) is 11.9. The van der Waals surface area contributed by atoms with E-state index < -0.39 is 0 Å². The van der Waals surface area contributed by atoms with E-state index in [1.54, 1.807) is 19.4 Å². The van der Waals surface area contributed by atoms with Crippen LogP contribution in [0, 0.1) is 0 Å². The molecular weight excluding hydrogens is 312 g/mol. The summed E-state index contributed by atoms with van der Waals surface area (Å²) < 4.78 is 5.10. The molecule has 0 saturated carbocycles. The number of nitrogens with zero attached hydrogens (tertiary/aromatic N) is 1. The summed E-state index contributed by atoms with van der Waals surface area (Å²) in [6, 6.07) is 21.5. The van der Waals surface area contributed by atoms with Crippen LogP contribution >= 0.6 is 0 Å². The molecule has 3 rings (SSSR count). The maximum absolute atomic E-state index is 11.9. The average Bonchev–Trinajstić information content (AvgIpc) is 2.67. The van der Waals surface area contributed by atoms with Gasteiger partial charge < -0.3 is 4.74 Å². The zero-order chi connectivity index (χ0) is 17.5. The van der Waals surface area contributed by atoms with E-state index in [0.29, 0.717) is 0 Å². The van der Waals surface area contributed by atoms with Crippen molar-refractivity contribution in [3.05, 3.63) is 83.9 Å². The molecule has 0 atom stereocenters. The summed E-state index contributed by atoms with van der Waals surface area (Å²) in [5.41, 5.74) is 4.37. The molecule has 3 aromatic carbocycles. The van der Waals surface area contributed by atoms with Crippen LogP contribution in [0.25, 0.3) is 16.8 Å². The first kappa shape index (κ1) is 16.5. The van der Waals surface area contributed by atoms with E-state index in [1.165, 1.54) is 6.08 Å². The third-order valence-electron chi connectivity index (χ3n) is 3.74. The van der Waals surface area contributed by atoms with Gasteiger partial charge in [-0.25, -0.2) is 5.43 Å². The fourth-order valence-corrected chi connectivity index (χ4v) is 2.45. The van der Waals surface area contributed by atoms with Gasteiger partial charge in [0.15, 0.2) is 0 Å². The molecule has 124 valence electrons. The Morgan fingerprint density at radius 1 is 1.00 bits per heavy atom. The van der Waals surface area contributed by atoms with Gasteiger partial charge in [-0.1, -0.05) is 54.6 Å². The van der Waals surface area contributed by atoms with Crippen molar-refractivity contribution < 1.29 is 9.53 Å². The Bertz CT molecular complexity index is 923. The number of amides is 1. The van der Waals surface area contributed by atoms with Crippen LogP contribution in [0.1, 0.15) is 11.1 Å². The van der Waals surface area contributed by atoms with E-state index in [0.717, 1.165) is 27.6 Å². The Morgan fingerprint density at radius 3 is 2.56 bits per heavy atom. The van der Waals surface area contributed by atoms with Gasteiger partial charge in [0.1, 0.15) is 5.75 Å². The van der Waals surface area contributed by atoms with Crippen LogP contribution in [0.2, 0.25) is 0 Å². The molecule has 0 saturated heterocycles. The number of carbonyl (C=O) groups excluding carboxylic acids is 1. The summed E-state index contributed by atoms with van der Waals surface area (Å²) in [5.74, 6) is 0.494. The molecule has 1 amide bonds. The lowest BCUT2D eigenvalue weighted by molar-refractivity contribution is -0.116. The number of rotatable bonds is 5. The number of hydrazone groups is 1. The maximum atomic E-state index is 11.9. The maximum Gasteiger partial charge on any atom is 0.264 e. The molecule has 0 radical (unpaired) electrons.